The van der Waals surface area contributed by atoms with Gasteiger partial charge in [0.15, 0.2) is 5.41 Å². The van der Waals surface area contributed by atoms with E-state index in [1.165, 1.54) is 17.9 Å². The lowest BCUT2D eigenvalue weighted by Crippen LogP contribution is -2.51. The zero-order valence-electron chi connectivity index (χ0n) is 18.5. The van der Waals surface area contributed by atoms with Crippen molar-refractivity contribution in [3.8, 4) is 0 Å². The van der Waals surface area contributed by atoms with Gasteiger partial charge in [0.25, 0.3) is 0 Å². The lowest BCUT2D eigenvalue weighted by molar-refractivity contribution is -0.146. The number of anilines is 1. The average Bonchev–Trinajstić information content (AvgIpc) is 3.05. The molecule has 0 bridgehead atoms. The maximum Gasteiger partial charge on any atom is 0.339 e. The van der Waals surface area contributed by atoms with Gasteiger partial charge in [0.05, 0.1) is 13.7 Å². The normalized spacial score (nSPS) is 19.2. The van der Waals surface area contributed by atoms with Crippen molar-refractivity contribution in [2.24, 2.45) is 5.73 Å². The summed E-state index contributed by atoms with van der Waals surface area (Å²) < 4.78 is 20.5. The molecular weight excluding hydrogens is 432 g/mol. The summed E-state index contributed by atoms with van der Waals surface area (Å²) in [5.74, 6) is -3.69. The van der Waals surface area contributed by atoms with Crippen molar-refractivity contribution in [3.05, 3.63) is 65.2 Å². The monoisotopic (exact) mass is 456 g/mol. The van der Waals surface area contributed by atoms with E-state index in [-0.39, 0.29) is 48.0 Å². The number of methoxy groups -OCH3 is 1. The standard InChI is InChI=1S/C23H24N2O8/c1-5-11-32-21(28)17-13(3)33-22(29)23(17)14-9-7-8-10-15(14)25(12-16(26)31-6-2)19(24)18(23)20(27)30-4/h5,7-10H,1,6,11-12,24H2,2-4H3. The van der Waals surface area contributed by atoms with Crippen molar-refractivity contribution in [2.75, 3.05) is 31.8 Å². The van der Waals surface area contributed by atoms with Crippen LogP contribution < -0.4 is 10.6 Å². The van der Waals surface area contributed by atoms with Crippen LogP contribution in [0.15, 0.2) is 59.6 Å². The molecule has 1 unspecified atom stereocenters. The van der Waals surface area contributed by atoms with Gasteiger partial charge in [-0.05, 0) is 19.9 Å². The summed E-state index contributed by atoms with van der Waals surface area (Å²) in [5, 5.41) is 0. The minimum Gasteiger partial charge on any atom is -0.466 e. The Bertz CT molecular complexity index is 1100. The summed E-state index contributed by atoms with van der Waals surface area (Å²) in [4.78, 5) is 53.2. The first-order chi connectivity index (χ1) is 15.7. The van der Waals surface area contributed by atoms with E-state index in [2.05, 4.69) is 6.58 Å². The van der Waals surface area contributed by atoms with E-state index in [9.17, 15) is 19.2 Å². The Kier molecular flexibility index (Phi) is 6.57. The fraction of sp³-hybridized carbons (Fsp3) is 0.304. The Labute approximate surface area is 190 Å². The van der Waals surface area contributed by atoms with Crippen molar-refractivity contribution in [3.63, 3.8) is 0 Å². The Morgan fingerprint density at radius 1 is 1.18 bits per heavy atom. The molecule has 2 N–H and O–H groups in total. The summed E-state index contributed by atoms with van der Waals surface area (Å²) in [7, 11) is 1.11. The largest absolute Gasteiger partial charge is 0.466 e. The van der Waals surface area contributed by atoms with Crippen molar-refractivity contribution in [1.82, 2.24) is 0 Å². The molecule has 10 nitrogen and oxygen atoms in total. The van der Waals surface area contributed by atoms with Gasteiger partial charge in [-0.25, -0.2) is 14.4 Å². The molecule has 0 amide bonds. The van der Waals surface area contributed by atoms with Gasteiger partial charge in [0, 0.05) is 11.3 Å². The number of rotatable bonds is 7. The molecule has 0 aliphatic carbocycles. The minimum absolute atomic E-state index is 0.0445. The number of ether oxygens (including phenoxy) is 4. The minimum atomic E-state index is -2.05. The molecule has 0 fully saturated rings. The van der Waals surface area contributed by atoms with Crippen molar-refractivity contribution in [2.45, 2.75) is 19.3 Å². The number of nitrogens with two attached hydrogens (primary N) is 1. The number of fused-ring (bicyclic) bond motifs is 2. The zero-order chi connectivity index (χ0) is 24.3. The van der Waals surface area contributed by atoms with Gasteiger partial charge in [-0.2, -0.15) is 0 Å². The van der Waals surface area contributed by atoms with Gasteiger partial charge >= 0.3 is 23.9 Å². The number of hydrogen-bond acceptors (Lipinski definition) is 10. The highest BCUT2D eigenvalue weighted by molar-refractivity contribution is 6.16. The van der Waals surface area contributed by atoms with Crippen LogP contribution >= 0.6 is 0 Å². The molecule has 1 aromatic rings. The second-order valence-corrected chi connectivity index (χ2v) is 7.12. The Hall–Kier alpha value is -4.08. The topological polar surface area (TPSA) is 134 Å². The molecule has 0 saturated heterocycles. The molecule has 0 aromatic heterocycles. The van der Waals surface area contributed by atoms with Crippen LogP contribution in [0.3, 0.4) is 0 Å². The number of allylic oxidation sites excluding steroid dienone is 1. The highest BCUT2D eigenvalue weighted by atomic mass is 16.6. The van der Waals surface area contributed by atoms with E-state index in [4.69, 9.17) is 24.7 Å². The first-order valence-electron chi connectivity index (χ1n) is 10.1. The van der Waals surface area contributed by atoms with Gasteiger partial charge in [0.2, 0.25) is 0 Å². The average molecular weight is 456 g/mol. The third-order valence-electron chi connectivity index (χ3n) is 5.32. The summed E-state index contributed by atoms with van der Waals surface area (Å²) in [5.41, 5.74) is 4.28. The van der Waals surface area contributed by atoms with Gasteiger partial charge in [-0.1, -0.05) is 30.9 Å². The number of esters is 4. The number of carbonyl (C=O) groups is 4. The molecule has 0 saturated carbocycles. The van der Waals surface area contributed by atoms with Crippen LogP contribution in [-0.2, 0) is 43.5 Å². The van der Waals surface area contributed by atoms with Crippen LogP contribution in [-0.4, -0.2) is 50.7 Å². The maximum absolute atomic E-state index is 13.4. The lowest BCUT2D eigenvalue weighted by atomic mass is 9.66. The van der Waals surface area contributed by atoms with E-state index in [0.29, 0.717) is 5.69 Å². The van der Waals surface area contributed by atoms with Crippen molar-refractivity contribution < 1.29 is 38.1 Å². The molecule has 1 spiro atoms. The molecule has 2 aliphatic rings. The molecule has 174 valence electrons. The van der Waals surface area contributed by atoms with Crippen LogP contribution in [0, 0.1) is 0 Å². The summed E-state index contributed by atoms with van der Waals surface area (Å²) in [6, 6.07) is 6.43. The number of nitrogens with zero attached hydrogens (tertiary/aromatic N) is 1. The summed E-state index contributed by atoms with van der Waals surface area (Å²) >= 11 is 0. The summed E-state index contributed by atoms with van der Waals surface area (Å²) in [6.45, 7) is 6.23. The Morgan fingerprint density at radius 3 is 2.52 bits per heavy atom. The Balaban J connectivity index is 2.36. The Morgan fingerprint density at radius 2 is 1.88 bits per heavy atom. The van der Waals surface area contributed by atoms with Crippen LogP contribution in [0.5, 0.6) is 0 Å². The quantitative estimate of drug-likeness (QED) is 0.362. The number of cyclic esters (lactones) is 1. The first kappa shape index (κ1) is 23.6. The molecule has 3 rings (SSSR count). The van der Waals surface area contributed by atoms with Gasteiger partial charge in [-0.15, -0.1) is 0 Å². The van der Waals surface area contributed by atoms with Crippen molar-refractivity contribution >= 4 is 29.6 Å². The van der Waals surface area contributed by atoms with Crippen LogP contribution in [0.4, 0.5) is 5.69 Å². The van der Waals surface area contributed by atoms with Crippen LogP contribution in [0.25, 0.3) is 0 Å². The SMILES string of the molecule is C=CCOC(=O)C1=C(C)OC(=O)C12C(C(=O)OC)=C(N)N(CC(=O)OCC)c1ccccc12. The van der Waals surface area contributed by atoms with E-state index < -0.39 is 29.3 Å². The predicted octanol–water partition coefficient (Wildman–Crippen LogP) is 1.21. The van der Waals surface area contributed by atoms with E-state index in [1.807, 2.05) is 0 Å². The van der Waals surface area contributed by atoms with Gasteiger partial charge < -0.3 is 29.6 Å². The molecule has 1 aromatic carbocycles. The van der Waals surface area contributed by atoms with Gasteiger partial charge in [-0.3, -0.25) is 4.79 Å². The fourth-order valence-corrected chi connectivity index (χ4v) is 4.09. The molecule has 33 heavy (non-hydrogen) atoms. The van der Waals surface area contributed by atoms with E-state index in [0.717, 1.165) is 7.11 Å². The van der Waals surface area contributed by atoms with E-state index in [1.54, 1.807) is 31.2 Å². The van der Waals surface area contributed by atoms with Crippen molar-refractivity contribution in [1.29, 1.82) is 0 Å². The fourth-order valence-electron chi connectivity index (χ4n) is 4.09. The second-order valence-electron chi connectivity index (χ2n) is 7.12. The highest BCUT2D eigenvalue weighted by Crippen LogP contribution is 2.54. The smallest absolute Gasteiger partial charge is 0.339 e. The number of hydrogen-bond donors (Lipinski definition) is 1. The van der Waals surface area contributed by atoms with E-state index >= 15 is 0 Å². The molecule has 2 aliphatic heterocycles. The summed E-state index contributed by atoms with van der Waals surface area (Å²) in [6.07, 6.45) is 1.36. The number of carbonyl (C=O) groups excluding carboxylic acids is 4. The van der Waals surface area contributed by atoms with Gasteiger partial charge in [0.1, 0.15) is 35.9 Å². The molecular formula is C23H24N2O8. The maximum atomic E-state index is 13.4. The first-order valence-corrected chi connectivity index (χ1v) is 10.1. The van der Waals surface area contributed by atoms with Crippen LogP contribution in [0.1, 0.15) is 19.4 Å². The predicted molar refractivity (Wildman–Crippen MR) is 115 cm³/mol. The third-order valence-corrected chi connectivity index (χ3v) is 5.32. The molecule has 2 heterocycles. The molecule has 1 atom stereocenters. The molecule has 0 radical (unpaired) electrons. The number of para-hydroxylation sites is 1. The lowest BCUT2D eigenvalue weighted by Gasteiger charge is -2.40. The zero-order valence-corrected chi connectivity index (χ0v) is 18.5. The molecule has 10 heteroatoms. The van der Waals surface area contributed by atoms with Crippen LogP contribution in [0.2, 0.25) is 0 Å². The second kappa shape index (κ2) is 9.19. The third kappa shape index (κ3) is 3.63. The number of benzene rings is 1. The highest BCUT2D eigenvalue weighted by Gasteiger charge is 2.63.